The fourth-order valence-corrected chi connectivity index (χ4v) is 4.00. The van der Waals surface area contributed by atoms with Gasteiger partial charge in [0.15, 0.2) is 6.61 Å². The van der Waals surface area contributed by atoms with Gasteiger partial charge in [-0.15, -0.1) is 0 Å². The summed E-state index contributed by atoms with van der Waals surface area (Å²) >= 11 is 0. The molecule has 0 spiro atoms. The molecule has 156 valence electrons. The van der Waals surface area contributed by atoms with Gasteiger partial charge in [0.25, 0.3) is 5.91 Å². The van der Waals surface area contributed by atoms with E-state index in [-0.39, 0.29) is 12.5 Å². The average molecular weight is 404 g/mol. The Balaban J connectivity index is 1.39. The molecule has 0 N–H and O–H groups in total. The van der Waals surface area contributed by atoms with Crippen molar-refractivity contribution < 1.29 is 9.53 Å². The van der Waals surface area contributed by atoms with Crippen LogP contribution in [-0.4, -0.2) is 48.6 Å². The summed E-state index contributed by atoms with van der Waals surface area (Å²) in [5, 5.41) is 1.20. The van der Waals surface area contributed by atoms with E-state index in [4.69, 9.17) is 9.72 Å². The Bertz CT molecular complexity index is 1090. The van der Waals surface area contributed by atoms with Crippen LogP contribution in [0.2, 0.25) is 0 Å². The third kappa shape index (κ3) is 3.97. The van der Waals surface area contributed by atoms with Crippen LogP contribution in [0.25, 0.3) is 10.9 Å². The first kappa shape index (κ1) is 20.2. The number of fused-ring (bicyclic) bond motifs is 1. The zero-order valence-electron chi connectivity index (χ0n) is 18.2. The summed E-state index contributed by atoms with van der Waals surface area (Å²) in [7, 11) is 0. The number of amides is 1. The number of benzene rings is 2. The number of aromatic nitrogens is 1. The highest BCUT2D eigenvalue weighted by molar-refractivity contribution is 5.86. The molecule has 0 aliphatic carbocycles. The quantitative estimate of drug-likeness (QED) is 0.655. The van der Waals surface area contributed by atoms with Gasteiger partial charge in [0, 0.05) is 31.6 Å². The molecular weight excluding hydrogens is 374 g/mol. The minimum Gasteiger partial charge on any atom is -0.483 e. The zero-order valence-corrected chi connectivity index (χ0v) is 18.2. The van der Waals surface area contributed by atoms with Crippen molar-refractivity contribution in [3.8, 4) is 5.75 Å². The lowest BCUT2D eigenvalue weighted by Gasteiger charge is -2.35. The van der Waals surface area contributed by atoms with Gasteiger partial charge in [-0.05, 0) is 62.1 Å². The maximum Gasteiger partial charge on any atom is 0.260 e. The number of carbonyl (C=O) groups is 1. The molecule has 5 nitrogen and oxygen atoms in total. The van der Waals surface area contributed by atoms with Gasteiger partial charge in [0.1, 0.15) is 11.6 Å². The second-order valence-corrected chi connectivity index (χ2v) is 8.12. The molecule has 2 aromatic carbocycles. The van der Waals surface area contributed by atoms with Crippen LogP contribution in [-0.2, 0) is 4.79 Å². The molecular formula is C25H29N3O2. The van der Waals surface area contributed by atoms with Crippen LogP contribution in [0.4, 0.5) is 5.82 Å². The number of hydrogen-bond donors (Lipinski definition) is 0. The molecule has 1 amide bonds. The van der Waals surface area contributed by atoms with Gasteiger partial charge in [0.05, 0.1) is 5.52 Å². The number of rotatable bonds is 4. The van der Waals surface area contributed by atoms with Crippen LogP contribution >= 0.6 is 0 Å². The summed E-state index contributed by atoms with van der Waals surface area (Å²) in [5.41, 5.74) is 5.74. The lowest BCUT2D eigenvalue weighted by molar-refractivity contribution is -0.133. The number of anilines is 1. The van der Waals surface area contributed by atoms with E-state index < -0.39 is 0 Å². The van der Waals surface area contributed by atoms with E-state index in [0.717, 1.165) is 35.7 Å². The topological polar surface area (TPSA) is 45.7 Å². The Morgan fingerprint density at radius 1 is 0.933 bits per heavy atom. The summed E-state index contributed by atoms with van der Waals surface area (Å²) in [6.07, 6.45) is 0. The number of pyridine rings is 1. The van der Waals surface area contributed by atoms with Gasteiger partial charge in [0.2, 0.25) is 0 Å². The van der Waals surface area contributed by atoms with Crippen LogP contribution in [0.5, 0.6) is 5.75 Å². The predicted molar refractivity (Wildman–Crippen MR) is 121 cm³/mol. The molecule has 1 saturated heterocycles. The molecule has 1 fully saturated rings. The first-order chi connectivity index (χ1) is 14.4. The SMILES string of the molecule is Cc1cccc(OCC(=O)N2CCN(c3cc(C)c4cccc(C)c4n3)CC2)c1C. The molecule has 0 atom stereocenters. The van der Waals surface area contributed by atoms with Crippen LogP contribution in [0.1, 0.15) is 22.3 Å². The molecule has 0 radical (unpaired) electrons. The number of nitrogens with zero attached hydrogens (tertiary/aromatic N) is 3. The predicted octanol–water partition coefficient (Wildman–Crippen LogP) is 4.20. The summed E-state index contributed by atoms with van der Waals surface area (Å²) in [6, 6.07) is 14.4. The summed E-state index contributed by atoms with van der Waals surface area (Å²) in [6.45, 7) is 11.3. The molecule has 0 bridgehead atoms. The fraction of sp³-hybridized carbons (Fsp3) is 0.360. The van der Waals surface area contributed by atoms with Crippen molar-refractivity contribution in [2.24, 2.45) is 0 Å². The Morgan fingerprint density at radius 2 is 1.63 bits per heavy atom. The highest BCUT2D eigenvalue weighted by atomic mass is 16.5. The molecule has 5 heteroatoms. The van der Waals surface area contributed by atoms with Gasteiger partial charge in [-0.3, -0.25) is 4.79 Å². The van der Waals surface area contributed by atoms with Crippen molar-refractivity contribution in [3.63, 3.8) is 0 Å². The maximum atomic E-state index is 12.7. The second-order valence-electron chi connectivity index (χ2n) is 8.12. The van der Waals surface area contributed by atoms with E-state index in [1.54, 1.807) is 0 Å². The lowest BCUT2D eigenvalue weighted by Crippen LogP contribution is -2.50. The first-order valence-corrected chi connectivity index (χ1v) is 10.5. The van der Waals surface area contributed by atoms with Gasteiger partial charge < -0.3 is 14.5 Å². The van der Waals surface area contributed by atoms with Crippen molar-refractivity contribution in [1.82, 2.24) is 9.88 Å². The molecule has 30 heavy (non-hydrogen) atoms. The van der Waals surface area contributed by atoms with E-state index in [0.29, 0.717) is 13.1 Å². The summed E-state index contributed by atoms with van der Waals surface area (Å²) < 4.78 is 5.80. The Morgan fingerprint density at radius 3 is 2.40 bits per heavy atom. The number of para-hydroxylation sites is 1. The van der Waals surface area contributed by atoms with Crippen molar-refractivity contribution >= 4 is 22.6 Å². The number of carbonyl (C=O) groups excluding carboxylic acids is 1. The van der Waals surface area contributed by atoms with E-state index in [2.05, 4.69) is 43.0 Å². The van der Waals surface area contributed by atoms with E-state index in [9.17, 15) is 4.79 Å². The maximum absolute atomic E-state index is 12.7. The minimum atomic E-state index is 0.0362. The van der Waals surface area contributed by atoms with Crippen LogP contribution in [0, 0.1) is 27.7 Å². The van der Waals surface area contributed by atoms with Crippen molar-refractivity contribution in [3.05, 3.63) is 64.7 Å². The van der Waals surface area contributed by atoms with Crippen LogP contribution in [0.15, 0.2) is 42.5 Å². The molecule has 1 aliphatic heterocycles. The lowest BCUT2D eigenvalue weighted by atomic mass is 10.1. The number of ether oxygens (including phenoxy) is 1. The summed E-state index contributed by atoms with van der Waals surface area (Å²) in [5.74, 6) is 1.82. The Hall–Kier alpha value is -3.08. The van der Waals surface area contributed by atoms with Gasteiger partial charge in [-0.25, -0.2) is 4.98 Å². The standard InChI is InChI=1S/C25H29N3O2/c1-17-7-6-10-22(20(17)4)30-16-24(29)28-13-11-27(12-14-28)23-15-19(3)21-9-5-8-18(2)25(21)26-23/h5-10,15H,11-14,16H2,1-4H3. The zero-order chi connectivity index (χ0) is 21.3. The van der Waals surface area contributed by atoms with E-state index in [1.165, 1.54) is 22.1 Å². The molecule has 3 aromatic rings. The fourth-order valence-electron chi connectivity index (χ4n) is 4.00. The molecule has 0 saturated carbocycles. The highest BCUT2D eigenvalue weighted by Crippen LogP contribution is 2.25. The highest BCUT2D eigenvalue weighted by Gasteiger charge is 2.23. The molecule has 1 aromatic heterocycles. The second kappa shape index (κ2) is 8.34. The monoisotopic (exact) mass is 403 g/mol. The van der Waals surface area contributed by atoms with Crippen LogP contribution in [0.3, 0.4) is 0 Å². The van der Waals surface area contributed by atoms with E-state index in [1.807, 2.05) is 36.9 Å². The minimum absolute atomic E-state index is 0.0362. The molecule has 0 unspecified atom stereocenters. The van der Waals surface area contributed by atoms with Crippen molar-refractivity contribution in [2.75, 3.05) is 37.7 Å². The first-order valence-electron chi connectivity index (χ1n) is 10.5. The normalized spacial score (nSPS) is 14.3. The third-order valence-electron chi connectivity index (χ3n) is 6.10. The Kier molecular flexibility index (Phi) is 5.62. The van der Waals surface area contributed by atoms with Crippen LogP contribution < -0.4 is 9.64 Å². The smallest absolute Gasteiger partial charge is 0.260 e. The average Bonchev–Trinajstić information content (AvgIpc) is 2.75. The number of piperazine rings is 1. The Labute approximate surface area is 178 Å². The van der Waals surface area contributed by atoms with Crippen molar-refractivity contribution in [2.45, 2.75) is 27.7 Å². The largest absolute Gasteiger partial charge is 0.483 e. The summed E-state index contributed by atoms with van der Waals surface area (Å²) in [4.78, 5) is 21.7. The molecule has 1 aliphatic rings. The van der Waals surface area contributed by atoms with Gasteiger partial charge >= 0.3 is 0 Å². The number of aryl methyl sites for hydroxylation is 3. The van der Waals surface area contributed by atoms with Gasteiger partial charge in [-0.1, -0.05) is 30.3 Å². The number of hydrogen-bond acceptors (Lipinski definition) is 4. The van der Waals surface area contributed by atoms with Gasteiger partial charge in [-0.2, -0.15) is 0 Å². The van der Waals surface area contributed by atoms with Crippen molar-refractivity contribution in [1.29, 1.82) is 0 Å². The van der Waals surface area contributed by atoms with E-state index >= 15 is 0 Å². The molecule has 2 heterocycles. The molecule has 4 rings (SSSR count). The third-order valence-corrected chi connectivity index (χ3v) is 6.10.